The fraction of sp³-hybridized carbons (Fsp3) is 0.158. The maximum absolute atomic E-state index is 12.1. The number of fused-ring (bicyclic) bond motifs is 2. The van der Waals surface area contributed by atoms with E-state index in [2.05, 4.69) is 4.98 Å². The lowest BCUT2D eigenvalue weighted by atomic mass is 10.1. The Kier molecular flexibility index (Phi) is 3.28. The van der Waals surface area contributed by atoms with Gasteiger partial charge < -0.3 is 19.0 Å². The van der Waals surface area contributed by atoms with E-state index in [4.69, 9.17) is 9.47 Å². The van der Waals surface area contributed by atoms with E-state index in [-0.39, 0.29) is 5.56 Å². The Bertz CT molecular complexity index is 1120. The Morgan fingerprint density at radius 3 is 2.80 bits per heavy atom. The molecule has 25 heavy (non-hydrogen) atoms. The molecule has 0 spiro atoms. The molecule has 6 nitrogen and oxygen atoms in total. The molecule has 3 aromatic rings. The molecule has 0 atom stereocenters. The van der Waals surface area contributed by atoms with Crippen LogP contribution in [0.2, 0.25) is 0 Å². The third-order valence-corrected chi connectivity index (χ3v) is 4.35. The van der Waals surface area contributed by atoms with Crippen LogP contribution in [0.4, 0.5) is 0 Å². The van der Waals surface area contributed by atoms with Crippen molar-refractivity contribution in [1.82, 2.24) is 9.55 Å². The van der Waals surface area contributed by atoms with Gasteiger partial charge >= 0.3 is 5.97 Å². The van der Waals surface area contributed by atoms with Gasteiger partial charge in [-0.25, -0.2) is 4.79 Å². The number of methoxy groups -OCH3 is 1. The first-order valence-electron chi connectivity index (χ1n) is 7.79. The zero-order valence-corrected chi connectivity index (χ0v) is 14.0. The van der Waals surface area contributed by atoms with Crippen LogP contribution in [-0.4, -0.2) is 22.6 Å². The SMILES string of the molecule is COc1ccc2c(c1)c(C=C1OC(=O)c3c1cc(C)[nH]c3=O)cn2C. The Labute approximate surface area is 143 Å². The van der Waals surface area contributed by atoms with E-state index in [9.17, 15) is 9.59 Å². The van der Waals surface area contributed by atoms with Crippen molar-refractivity contribution in [2.24, 2.45) is 7.05 Å². The van der Waals surface area contributed by atoms with Gasteiger partial charge in [0.15, 0.2) is 0 Å². The minimum Gasteiger partial charge on any atom is -0.497 e. The number of rotatable bonds is 2. The Balaban J connectivity index is 1.93. The highest BCUT2D eigenvalue weighted by molar-refractivity contribution is 6.07. The summed E-state index contributed by atoms with van der Waals surface area (Å²) < 4.78 is 12.6. The van der Waals surface area contributed by atoms with Gasteiger partial charge in [0.05, 0.1) is 7.11 Å². The van der Waals surface area contributed by atoms with E-state index in [0.29, 0.717) is 17.0 Å². The maximum atomic E-state index is 12.1. The molecule has 1 N–H and O–H groups in total. The van der Waals surface area contributed by atoms with Gasteiger partial charge in [0.1, 0.15) is 17.1 Å². The first-order chi connectivity index (χ1) is 12.0. The largest absolute Gasteiger partial charge is 0.497 e. The van der Waals surface area contributed by atoms with E-state index >= 15 is 0 Å². The van der Waals surface area contributed by atoms with Crippen LogP contribution in [0.5, 0.6) is 5.75 Å². The van der Waals surface area contributed by atoms with Crippen molar-refractivity contribution in [2.45, 2.75) is 6.92 Å². The van der Waals surface area contributed by atoms with Crippen molar-refractivity contribution >= 4 is 28.7 Å². The number of hydrogen-bond acceptors (Lipinski definition) is 4. The van der Waals surface area contributed by atoms with Gasteiger partial charge in [-0.3, -0.25) is 4.79 Å². The summed E-state index contributed by atoms with van der Waals surface area (Å²) in [4.78, 5) is 26.7. The van der Waals surface area contributed by atoms with Crippen molar-refractivity contribution in [1.29, 1.82) is 0 Å². The topological polar surface area (TPSA) is 73.3 Å². The lowest BCUT2D eigenvalue weighted by Gasteiger charge is -2.02. The van der Waals surface area contributed by atoms with Gasteiger partial charge in [-0.1, -0.05) is 0 Å². The lowest BCUT2D eigenvalue weighted by Crippen LogP contribution is -2.16. The minimum atomic E-state index is -0.625. The van der Waals surface area contributed by atoms with Crippen LogP contribution >= 0.6 is 0 Å². The van der Waals surface area contributed by atoms with Crippen molar-refractivity contribution < 1.29 is 14.3 Å². The summed E-state index contributed by atoms with van der Waals surface area (Å²) in [5, 5.41) is 0.973. The first-order valence-corrected chi connectivity index (χ1v) is 7.79. The first kappa shape index (κ1) is 15.3. The van der Waals surface area contributed by atoms with Crippen LogP contribution in [0.25, 0.3) is 22.7 Å². The molecule has 0 bridgehead atoms. The number of hydrogen-bond donors (Lipinski definition) is 1. The van der Waals surface area contributed by atoms with Crippen molar-refractivity contribution in [3.8, 4) is 5.75 Å². The van der Waals surface area contributed by atoms with Crippen molar-refractivity contribution in [3.63, 3.8) is 0 Å². The summed E-state index contributed by atoms with van der Waals surface area (Å²) >= 11 is 0. The third kappa shape index (κ3) is 2.34. The summed E-state index contributed by atoms with van der Waals surface area (Å²) in [6.07, 6.45) is 3.73. The molecular formula is C19H16N2O4. The molecule has 0 unspecified atom stereocenters. The van der Waals surface area contributed by atoms with E-state index < -0.39 is 11.5 Å². The zero-order valence-electron chi connectivity index (χ0n) is 14.0. The number of aromatic amines is 1. The normalized spacial score (nSPS) is 14.8. The number of carbonyl (C=O) groups is 1. The van der Waals surface area contributed by atoms with Crippen LogP contribution in [0.3, 0.4) is 0 Å². The van der Waals surface area contributed by atoms with E-state index in [1.807, 2.05) is 36.0 Å². The summed E-state index contributed by atoms with van der Waals surface area (Å²) in [7, 11) is 3.56. The molecule has 6 heteroatoms. The van der Waals surface area contributed by atoms with Crippen molar-refractivity contribution in [2.75, 3.05) is 7.11 Å². The Morgan fingerprint density at radius 1 is 1.24 bits per heavy atom. The predicted octanol–water partition coefficient (Wildman–Crippen LogP) is 2.85. The lowest BCUT2D eigenvalue weighted by molar-refractivity contribution is 0.0715. The average molecular weight is 336 g/mol. The Morgan fingerprint density at radius 2 is 2.04 bits per heavy atom. The standard InChI is InChI=1S/C19H16N2O4/c1-10-6-14-16(25-19(23)17(14)18(22)20-10)7-11-9-21(2)15-5-4-12(24-3)8-13(11)15/h4-9H,1-3H3,(H,20,22). The fourth-order valence-corrected chi connectivity index (χ4v) is 3.18. The van der Waals surface area contributed by atoms with Crippen LogP contribution in [0.15, 0.2) is 35.3 Å². The third-order valence-electron chi connectivity index (χ3n) is 4.35. The molecule has 2 aromatic heterocycles. The summed E-state index contributed by atoms with van der Waals surface area (Å²) in [6, 6.07) is 7.55. The second kappa shape index (κ2) is 5.37. The number of carbonyl (C=O) groups excluding carboxylic acids is 1. The molecule has 1 aliphatic heterocycles. The molecule has 0 saturated heterocycles. The van der Waals surface area contributed by atoms with Gasteiger partial charge in [0, 0.05) is 41.0 Å². The molecule has 0 aliphatic carbocycles. The number of pyridine rings is 1. The predicted molar refractivity (Wildman–Crippen MR) is 94.6 cm³/mol. The number of aryl methyl sites for hydroxylation is 2. The number of aromatic nitrogens is 2. The quantitative estimate of drug-likeness (QED) is 0.730. The maximum Gasteiger partial charge on any atom is 0.349 e. The Hall–Kier alpha value is -3.28. The van der Waals surface area contributed by atoms with Crippen LogP contribution in [-0.2, 0) is 11.8 Å². The molecule has 3 heterocycles. The highest BCUT2D eigenvalue weighted by Gasteiger charge is 2.30. The highest BCUT2D eigenvalue weighted by Crippen LogP contribution is 2.33. The average Bonchev–Trinajstić information content (AvgIpc) is 3.05. The van der Waals surface area contributed by atoms with Crippen LogP contribution in [0.1, 0.15) is 27.2 Å². The number of esters is 1. The molecule has 0 amide bonds. The zero-order chi connectivity index (χ0) is 17.7. The number of nitrogens with one attached hydrogen (secondary N) is 1. The molecule has 0 saturated carbocycles. The van der Waals surface area contributed by atoms with Crippen molar-refractivity contribution in [3.05, 3.63) is 63.2 Å². The molecule has 126 valence electrons. The van der Waals surface area contributed by atoms with Gasteiger partial charge in [0.2, 0.25) is 0 Å². The van der Waals surface area contributed by atoms with Crippen LogP contribution in [0, 0.1) is 6.92 Å². The molecular weight excluding hydrogens is 320 g/mol. The number of ether oxygens (including phenoxy) is 2. The van der Waals surface area contributed by atoms with Gasteiger partial charge in [0.25, 0.3) is 5.56 Å². The number of H-pyrrole nitrogens is 1. The summed E-state index contributed by atoms with van der Waals surface area (Å²) in [6.45, 7) is 1.77. The fourth-order valence-electron chi connectivity index (χ4n) is 3.18. The molecule has 0 radical (unpaired) electrons. The molecule has 1 aliphatic rings. The minimum absolute atomic E-state index is 0.0506. The number of benzene rings is 1. The number of nitrogens with zero attached hydrogens (tertiary/aromatic N) is 1. The molecule has 0 fully saturated rings. The smallest absolute Gasteiger partial charge is 0.349 e. The second-order valence-electron chi connectivity index (χ2n) is 6.05. The van der Waals surface area contributed by atoms with E-state index in [1.165, 1.54) is 0 Å². The van der Waals surface area contributed by atoms with Gasteiger partial charge in [-0.05, 0) is 37.3 Å². The van der Waals surface area contributed by atoms with Crippen LogP contribution < -0.4 is 10.3 Å². The monoisotopic (exact) mass is 336 g/mol. The number of cyclic esters (lactones) is 1. The molecule has 4 rings (SSSR count). The second-order valence-corrected chi connectivity index (χ2v) is 6.05. The van der Waals surface area contributed by atoms with E-state index in [0.717, 1.165) is 22.2 Å². The summed E-state index contributed by atoms with van der Waals surface area (Å²) in [5.41, 5.74) is 2.72. The van der Waals surface area contributed by atoms with Gasteiger partial charge in [-0.2, -0.15) is 0 Å². The van der Waals surface area contributed by atoms with Gasteiger partial charge in [-0.15, -0.1) is 0 Å². The van der Waals surface area contributed by atoms with E-state index in [1.54, 1.807) is 26.2 Å². The highest BCUT2D eigenvalue weighted by atomic mass is 16.5. The molecule has 1 aromatic carbocycles. The summed E-state index contributed by atoms with van der Waals surface area (Å²) in [5.74, 6) is 0.499.